The van der Waals surface area contributed by atoms with Gasteiger partial charge in [0.2, 0.25) is 5.91 Å². The Bertz CT molecular complexity index is 532. The summed E-state index contributed by atoms with van der Waals surface area (Å²) in [5, 5.41) is 3.80. The van der Waals surface area contributed by atoms with Crippen LogP contribution in [0.5, 0.6) is 0 Å². The molecule has 11 heteroatoms. The first kappa shape index (κ1) is 18.3. The highest BCUT2D eigenvalue weighted by molar-refractivity contribution is 6.32. The van der Waals surface area contributed by atoms with E-state index in [4.69, 9.17) is 11.6 Å². The van der Waals surface area contributed by atoms with Crippen molar-refractivity contribution >= 4 is 23.3 Å². The van der Waals surface area contributed by atoms with Gasteiger partial charge < -0.3 is 10.6 Å². The number of alkyl halides is 6. The number of rotatable bonds is 5. The molecule has 1 heterocycles. The molecule has 0 aromatic carbocycles. The summed E-state index contributed by atoms with van der Waals surface area (Å²) in [6, 6.07) is 0.653. The SMILES string of the molecule is O=C(CCNc1ncc(C(F)(F)F)cc1Cl)NCC(F)(F)F. The van der Waals surface area contributed by atoms with E-state index in [1.165, 1.54) is 0 Å². The molecule has 1 aromatic rings. The molecule has 0 radical (unpaired) electrons. The van der Waals surface area contributed by atoms with Crippen molar-refractivity contribution in [1.29, 1.82) is 0 Å². The molecule has 0 saturated heterocycles. The van der Waals surface area contributed by atoms with Gasteiger partial charge in [0.25, 0.3) is 0 Å². The summed E-state index contributed by atoms with van der Waals surface area (Å²) in [6.07, 6.45) is -8.87. The van der Waals surface area contributed by atoms with Crippen molar-refractivity contribution in [3.63, 3.8) is 0 Å². The molecule has 1 amide bonds. The number of nitrogens with zero attached hydrogens (tertiary/aromatic N) is 1. The lowest BCUT2D eigenvalue weighted by Crippen LogP contribution is -2.34. The molecule has 0 fully saturated rings. The van der Waals surface area contributed by atoms with E-state index in [0.29, 0.717) is 12.3 Å². The molecule has 0 spiro atoms. The minimum absolute atomic E-state index is 0.0988. The van der Waals surface area contributed by atoms with Crippen molar-refractivity contribution in [2.45, 2.75) is 18.8 Å². The molecular weight excluding hydrogens is 340 g/mol. The van der Waals surface area contributed by atoms with Crippen LogP contribution >= 0.6 is 11.6 Å². The summed E-state index contributed by atoms with van der Waals surface area (Å²) in [7, 11) is 0. The number of hydrogen-bond donors (Lipinski definition) is 2. The highest BCUT2D eigenvalue weighted by Crippen LogP contribution is 2.32. The average molecular weight is 350 g/mol. The zero-order chi connectivity index (χ0) is 17.0. The van der Waals surface area contributed by atoms with Crippen LogP contribution in [0.2, 0.25) is 5.02 Å². The van der Waals surface area contributed by atoms with Crippen LogP contribution in [0.25, 0.3) is 0 Å². The Morgan fingerprint density at radius 2 is 1.86 bits per heavy atom. The first-order chi connectivity index (χ1) is 9.99. The van der Waals surface area contributed by atoms with E-state index in [1.807, 2.05) is 0 Å². The summed E-state index contributed by atoms with van der Waals surface area (Å²) < 4.78 is 72.6. The summed E-state index contributed by atoms with van der Waals surface area (Å²) in [6.45, 7) is -1.59. The quantitative estimate of drug-likeness (QED) is 0.802. The van der Waals surface area contributed by atoms with Gasteiger partial charge in [0.15, 0.2) is 0 Å². The van der Waals surface area contributed by atoms with E-state index in [0.717, 1.165) is 0 Å². The lowest BCUT2D eigenvalue weighted by Gasteiger charge is -2.11. The molecule has 0 unspecified atom stereocenters. The van der Waals surface area contributed by atoms with Gasteiger partial charge in [-0.2, -0.15) is 26.3 Å². The fourth-order valence-electron chi connectivity index (χ4n) is 1.30. The van der Waals surface area contributed by atoms with Crippen LogP contribution in [0.3, 0.4) is 0 Å². The number of pyridine rings is 1. The van der Waals surface area contributed by atoms with Crippen molar-refractivity contribution in [3.05, 3.63) is 22.8 Å². The second-order valence-corrected chi connectivity index (χ2v) is 4.53. The average Bonchev–Trinajstić information content (AvgIpc) is 2.36. The Labute approximate surface area is 125 Å². The fraction of sp³-hybridized carbons (Fsp3) is 0.455. The Morgan fingerprint density at radius 1 is 1.23 bits per heavy atom. The zero-order valence-corrected chi connectivity index (χ0v) is 11.5. The van der Waals surface area contributed by atoms with Crippen LogP contribution in [-0.2, 0) is 11.0 Å². The van der Waals surface area contributed by atoms with E-state index in [9.17, 15) is 31.1 Å². The number of hydrogen-bond acceptors (Lipinski definition) is 3. The first-order valence-corrected chi connectivity index (χ1v) is 6.17. The van der Waals surface area contributed by atoms with Crippen LogP contribution in [-0.4, -0.2) is 30.2 Å². The van der Waals surface area contributed by atoms with Gasteiger partial charge in [0.1, 0.15) is 12.4 Å². The smallest absolute Gasteiger partial charge is 0.368 e. The van der Waals surface area contributed by atoms with Crippen molar-refractivity contribution in [1.82, 2.24) is 10.3 Å². The van der Waals surface area contributed by atoms with Crippen LogP contribution in [0.4, 0.5) is 32.2 Å². The Morgan fingerprint density at radius 3 is 2.36 bits per heavy atom. The third-order valence-corrected chi connectivity index (χ3v) is 2.59. The summed E-state index contributed by atoms with van der Waals surface area (Å²) in [5.74, 6) is -0.967. The van der Waals surface area contributed by atoms with Gasteiger partial charge in [-0.15, -0.1) is 0 Å². The van der Waals surface area contributed by atoms with Crippen molar-refractivity contribution in [2.75, 3.05) is 18.4 Å². The number of amides is 1. The number of carbonyl (C=O) groups is 1. The molecule has 0 aliphatic heterocycles. The normalized spacial score (nSPS) is 12.1. The zero-order valence-electron chi connectivity index (χ0n) is 10.8. The molecule has 22 heavy (non-hydrogen) atoms. The Hall–Kier alpha value is -1.71. The molecule has 4 nitrogen and oxygen atoms in total. The van der Waals surface area contributed by atoms with E-state index in [-0.39, 0.29) is 23.8 Å². The minimum atomic E-state index is -4.59. The maximum Gasteiger partial charge on any atom is 0.417 e. The molecule has 0 bridgehead atoms. The van der Waals surface area contributed by atoms with Gasteiger partial charge in [-0.05, 0) is 6.07 Å². The monoisotopic (exact) mass is 349 g/mol. The predicted molar refractivity (Wildman–Crippen MR) is 66.4 cm³/mol. The number of nitrogens with one attached hydrogen (secondary N) is 2. The number of anilines is 1. The molecule has 1 rings (SSSR count). The number of halogens is 7. The molecule has 0 aliphatic carbocycles. The molecule has 124 valence electrons. The highest BCUT2D eigenvalue weighted by atomic mass is 35.5. The number of aromatic nitrogens is 1. The maximum absolute atomic E-state index is 12.4. The van der Waals surface area contributed by atoms with Gasteiger partial charge in [0, 0.05) is 19.2 Å². The van der Waals surface area contributed by atoms with E-state index < -0.39 is 30.4 Å². The molecule has 1 aromatic heterocycles. The third-order valence-electron chi connectivity index (χ3n) is 2.30. The van der Waals surface area contributed by atoms with Gasteiger partial charge in [-0.3, -0.25) is 4.79 Å². The molecule has 2 N–H and O–H groups in total. The van der Waals surface area contributed by atoms with Crippen molar-refractivity contribution in [2.24, 2.45) is 0 Å². The van der Waals surface area contributed by atoms with Crippen LogP contribution in [0.15, 0.2) is 12.3 Å². The van der Waals surface area contributed by atoms with Gasteiger partial charge in [-0.1, -0.05) is 11.6 Å². The van der Waals surface area contributed by atoms with Crippen LogP contribution in [0.1, 0.15) is 12.0 Å². The summed E-state index contributed by atoms with van der Waals surface area (Å²) in [4.78, 5) is 14.5. The van der Waals surface area contributed by atoms with Gasteiger partial charge >= 0.3 is 12.4 Å². The Kier molecular flexibility index (Phi) is 5.86. The van der Waals surface area contributed by atoms with Crippen LogP contribution < -0.4 is 10.6 Å². The molecule has 0 atom stereocenters. The minimum Gasteiger partial charge on any atom is -0.368 e. The fourth-order valence-corrected chi connectivity index (χ4v) is 1.54. The predicted octanol–water partition coefficient (Wildman–Crippen LogP) is 3.23. The van der Waals surface area contributed by atoms with Crippen molar-refractivity contribution in [3.8, 4) is 0 Å². The second kappa shape index (κ2) is 7.03. The van der Waals surface area contributed by atoms with Gasteiger partial charge in [-0.25, -0.2) is 4.98 Å². The number of carbonyl (C=O) groups excluding carboxylic acids is 1. The van der Waals surface area contributed by atoms with E-state index in [1.54, 1.807) is 5.32 Å². The maximum atomic E-state index is 12.4. The largest absolute Gasteiger partial charge is 0.417 e. The molecule has 0 aliphatic rings. The van der Waals surface area contributed by atoms with Gasteiger partial charge in [0.05, 0.1) is 10.6 Å². The Balaban J connectivity index is 2.47. The third kappa shape index (κ3) is 6.37. The lowest BCUT2D eigenvalue weighted by atomic mass is 10.2. The lowest BCUT2D eigenvalue weighted by molar-refractivity contribution is -0.138. The standard InChI is InChI=1S/C11H10ClF6N3O/c12-7-3-6(11(16,17)18)4-20-9(7)19-2-1-8(22)21-5-10(13,14)15/h3-4H,1-2,5H2,(H,19,20)(H,21,22). The molecule has 0 saturated carbocycles. The molecular formula is C11H10ClF6N3O. The summed E-state index contributed by atoms with van der Waals surface area (Å²) in [5.41, 5.74) is -1.04. The highest BCUT2D eigenvalue weighted by Gasteiger charge is 2.31. The first-order valence-electron chi connectivity index (χ1n) is 5.79. The second-order valence-electron chi connectivity index (χ2n) is 4.12. The topological polar surface area (TPSA) is 54.0 Å². The van der Waals surface area contributed by atoms with E-state index in [2.05, 4.69) is 10.3 Å². The van der Waals surface area contributed by atoms with Crippen LogP contribution in [0, 0.1) is 0 Å². The van der Waals surface area contributed by atoms with E-state index >= 15 is 0 Å². The summed E-state index contributed by atoms with van der Waals surface area (Å²) >= 11 is 5.60. The van der Waals surface area contributed by atoms with Crippen molar-refractivity contribution < 1.29 is 31.1 Å².